The van der Waals surface area contributed by atoms with Gasteiger partial charge in [0.1, 0.15) is 5.78 Å². The van der Waals surface area contributed by atoms with Crippen molar-refractivity contribution < 1.29 is 14.4 Å². The summed E-state index contributed by atoms with van der Waals surface area (Å²) in [6.07, 6.45) is 5.64. The van der Waals surface area contributed by atoms with Gasteiger partial charge in [-0.15, -0.1) is 0 Å². The molecule has 0 amide bonds. The van der Waals surface area contributed by atoms with Crippen molar-refractivity contribution in [3.8, 4) is 0 Å². The van der Waals surface area contributed by atoms with Crippen molar-refractivity contribution in [1.82, 2.24) is 0 Å². The number of carbonyl (C=O) groups excluding carboxylic acids is 3. The van der Waals surface area contributed by atoms with E-state index < -0.39 is 0 Å². The van der Waals surface area contributed by atoms with Crippen LogP contribution in [0.15, 0.2) is 30.3 Å². The molecule has 0 heterocycles. The van der Waals surface area contributed by atoms with Crippen molar-refractivity contribution in [2.24, 2.45) is 0 Å². The molecule has 0 bridgehead atoms. The number of carbonyl (C=O) groups is 1. The maximum absolute atomic E-state index is 11.1. The summed E-state index contributed by atoms with van der Waals surface area (Å²) in [7, 11) is 0. The highest BCUT2D eigenvalue weighted by Gasteiger charge is 2.11. The molecule has 0 saturated heterocycles. The number of allylic oxidation sites excluding steroid dienone is 2. The molecule has 0 fully saturated rings. The second kappa shape index (κ2) is 7.36. The van der Waals surface area contributed by atoms with Crippen molar-refractivity contribution in [2.45, 2.75) is 32.6 Å². The van der Waals surface area contributed by atoms with Gasteiger partial charge in [0, 0.05) is 12.8 Å². The summed E-state index contributed by atoms with van der Waals surface area (Å²) in [5, 5.41) is 0. The normalized spacial score (nSPS) is 14.1. The molecule has 1 aromatic carbocycles. The minimum Gasteiger partial charge on any atom is -0.299 e. The molecule has 94 valence electrons. The average Bonchev–Trinajstić information content (AvgIpc) is 2.40. The van der Waals surface area contributed by atoms with Gasteiger partial charge in [0.05, 0.1) is 0 Å². The van der Waals surface area contributed by atoms with Crippen LogP contribution in [0, 0.1) is 0 Å². The lowest BCUT2D eigenvalue weighted by Crippen LogP contribution is -2.03. The van der Waals surface area contributed by atoms with Crippen molar-refractivity contribution >= 4 is 17.5 Å². The van der Waals surface area contributed by atoms with E-state index in [-0.39, 0.29) is 6.15 Å². The first-order valence-corrected chi connectivity index (χ1v) is 6.00. The highest BCUT2D eigenvalue weighted by atomic mass is 16.2. The molecule has 0 atom stereocenters. The Hall–Kier alpha value is -1.99. The predicted octanol–water partition coefficient (Wildman–Crippen LogP) is 2.80. The van der Waals surface area contributed by atoms with E-state index in [1.165, 1.54) is 16.7 Å². The smallest absolute Gasteiger partial charge is 0.299 e. The quantitative estimate of drug-likeness (QED) is 0.803. The largest absolute Gasteiger partial charge is 0.373 e. The highest BCUT2D eigenvalue weighted by Crippen LogP contribution is 2.25. The first-order valence-electron chi connectivity index (χ1n) is 6.00. The third-order valence-corrected chi connectivity index (χ3v) is 2.96. The molecule has 0 radical (unpaired) electrons. The number of rotatable bonds is 2. The molecule has 1 aromatic rings. The summed E-state index contributed by atoms with van der Waals surface area (Å²) in [4.78, 5) is 27.4. The highest BCUT2D eigenvalue weighted by molar-refractivity contribution is 5.86. The molecule has 0 spiro atoms. The summed E-state index contributed by atoms with van der Waals surface area (Å²) in [6.45, 7) is 2.16. The van der Waals surface area contributed by atoms with Crippen LogP contribution in [-0.4, -0.2) is 11.9 Å². The van der Waals surface area contributed by atoms with Crippen molar-refractivity contribution in [3.05, 3.63) is 41.5 Å². The van der Waals surface area contributed by atoms with E-state index in [1.54, 1.807) is 0 Å². The van der Waals surface area contributed by atoms with Gasteiger partial charge in [-0.1, -0.05) is 37.3 Å². The molecule has 1 aliphatic rings. The topological polar surface area (TPSA) is 51.2 Å². The van der Waals surface area contributed by atoms with Crippen molar-refractivity contribution in [2.75, 3.05) is 0 Å². The molecule has 3 nitrogen and oxygen atoms in total. The third-order valence-electron chi connectivity index (χ3n) is 2.96. The number of ketones is 1. The van der Waals surface area contributed by atoms with Gasteiger partial charge in [0.25, 0.3) is 0 Å². The lowest BCUT2D eigenvalue weighted by atomic mass is 9.92. The Morgan fingerprint density at radius 1 is 1.22 bits per heavy atom. The van der Waals surface area contributed by atoms with E-state index in [0.29, 0.717) is 18.6 Å². The van der Waals surface area contributed by atoms with E-state index in [9.17, 15) is 4.79 Å². The third kappa shape index (κ3) is 4.11. The van der Waals surface area contributed by atoms with Crippen LogP contribution < -0.4 is 0 Å². The Labute approximate surface area is 107 Å². The van der Waals surface area contributed by atoms with Gasteiger partial charge in [-0.3, -0.25) is 4.79 Å². The van der Waals surface area contributed by atoms with Gasteiger partial charge < -0.3 is 0 Å². The first-order chi connectivity index (χ1) is 8.71. The van der Waals surface area contributed by atoms with E-state index in [0.717, 1.165) is 12.8 Å². The van der Waals surface area contributed by atoms with Crippen LogP contribution in [0.3, 0.4) is 0 Å². The Bertz CT molecular complexity index is 480. The van der Waals surface area contributed by atoms with Gasteiger partial charge in [0.15, 0.2) is 0 Å². The molecule has 0 saturated carbocycles. The molecule has 18 heavy (non-hydrogen) atoms. The van der Waals surface area contributed by atoms with Crippen molar-refractivity contribution in [1.29, 1.82) is 0 Å². The summed E-state index contributed by atoms with van der Waals surface area (Å²) < 4.78 is 0. The lowest BCUT2D eigenvalue weighted by Gasteiger charge is -2.13. The molecular weight excluding hydrogens is 228 g/mol. The van der Waals surface area contributed by atoms with Crippen LogP contribution >= 0.6 is 0 Å². The molecule has 1 aliphatic carbocycles. The van der Waals surface area contributed by atoms with Crippen LogP contribution in [0.1, 0.15) is 37.3 Å². The number of benzene rings is 1. The first kappa shape index (κ1) is 14.1. The van der Waals surface area contributed by atoms with Gasteiger partial charge in [-0.05, 0) is 29.5 Å². The fourth-order valence-corrected chi connectivity index (χ4v) is 1.97. The van der Waals surface area contributed by atoms with Crippen LogP contribution in [0.25, 0.3) is 5.57 Å². The van der Waals surface area contributed by atoms with E-state index in [1.807, 2.05) is 0 Å². The molecule has 0 aliphatic heterocycles. The number of hydrogen-bond acceptors (Lipinski definition) is 3. The maximum atomic E-state index is 11.1. The zero-order valence-corrected chi connectivity index (χ0v) is 10.4. The molecular formula is C15H16O3. The Balaban J connectivity index is 0.000000492. The number of Topliss-reactive ketones (excluding diaryl/α,β-unsaturated/α-hetero) is 1. The van der Waals surface area contributed by atoms with Crippen LogP contribution in [0.4, 0.5) is 0 Å². The standard InChI is InChI=1S/C14H16O.CO2/c1-2-11-4-3-5-13(10-11)12-6-8-14(15)9-7-12;2-1-3/h3-6,10H,2,7-9H2,1H3;. The van der Waals surface area contributed by atoms with Gasteiger partial charge >= 0.3 is 6.15 Å². The van der Waals surface area contributed by atoms with Gasteiger partial charge in [-0.25, -0.2) is 0 Å². The zero-order valence-electron chi connectivity index (χ0n) is 10.4. The second-order valence-corrected chi connectivity index (χ2v) is 4.11. The Morgan fingerprint density at radius 2 is 1.94 bits per heavy atom. The summed E-state index contributed by atoms with van der Waals surface area (Å²) in [5.74, 6) is 0.366. The van der Waals surface area contributed by atoms with Gasteiger partial charge in [-0.2, -0.15) is 9.59 Å². The minimum atomic E-state index is 0.250. The lowest BCUT2D eigenvalue weighted by molar-refractivity contribution is -0.191. The van der Waals surface area contributed by atoms with Crippen molar-refractivity contribution in [3.63, 3.8) is 0 Å². The molecule has 0 N–H and O–H groups in total. The van der Waals surface area contributed by atoms with Crippen LogP contribution in [0.2, 0.25) is 0 Å². The number of hydrogen-bond donors (Lipinski definition) is 0. The van der Waals surface area contributed by atoms with E-state index in [4.69, 9.17) is 9.59 Å². The second-order valence-electron chi connectivity index (χ2n) is 4.11. The Kier molecular flexibility index (Phi) is 5.75. The average molecular weight is 244 g/mol. The SMILES string of the molecule is CCc1cccc(C2=CCC(=O)CC2)c1.O=C=O. The van der Waals surface area contributed by atoms with Crippen LogP contribution in [0.5, 0.6) is 0 Å². The maximum Gasteiger partial charge on any atom is 0.373 e. The van der Waals surface area contributed by atoms with E-state index in [2.05, 4.69) is 37.3 Å². The Morgan fingerprint density at radius 3 is 2.50 bits per heavy atom. The zero-order chi connectivity index (χ0) is 13.4. The molecule has 3 heteroatoms. The summed E-state index contributed by atoms with van der Waals surface area (Å²) in [6, 6.07) is 8.63. The fraction of sp³-hybridized carbons (Fsp3) is 0.333. The number of aryl methyl sites for hydroxylation is 1. The minimum absolute atomic E-state index is 0.250. The van der Waals surface area contributed by atoms with Gasteiger partial charge in [0.2, 0.25) is 0 Å². The summed E-state index contributed by atoms with van der Waals surface area (Å²) >= 11 is 0. The monoisotopic (exact) mass is 244 g/mol. The van der Waals surface area contributed by atoms with E-state index >= 15 is 0 Å². The molecule has 0 aromatic heterocycles. The fourth-order valence-electron chi connectivity index (χ4n) is 1.97. The summed E-state index contributed by atoms with van der Waals surface area (Å²) in [5.41, 5.74) is 4.00. The predicted molar refractivity (Wildman–Crippen MR) is 67.7 cm³/mol. The van der Waals surface area contributed by atoms with Crippen LogP contribution in [-0.2, 0) is 20.8 Å². The molecule has 2 rings (SSSR count). The molecule has 0 unspecified atom stereocenters.